The van der Waals surface area contributed by atoms with Crippen LogP contribution in [-0.4, -0.2) is 17.5 Å². The van der Waals surface area contributed by atoms with Gasteiger partial charge in [0.15, 0.2) is 0 Å². The zero-order chi connectivity index (χ0) is 24.3. The van der Waals surface area contributed by atoms with E-state index in [1.807, 2.05) is 6.07 Å². The minimum absolute atomic E-state index is 0.0537. The predicted octanol–water partition coefficient (Wildman–Crippen LogP) is 6.36. The Balaban J connectivity index is 1.28. The van der Waals surface area contributed by atoms with E-state index < -0.39 is 0 Å². The van der Waals surface area contributed by atoms with E-state index in [0.29, 0.717) is 60.9 Å². The lowest BCUT2D eigenvalue weighted by Crippen LogP contribution is -2.57. The van der Waals surface area contributed by atoms with Gasteiger partial charge < -0.3 is 5.32 Å². The average Bonchev–Trinajstić information content (AvgIpc) is 3.42. The largest absolute Gasteiger partial charge is 0.349 e. The van der Waals surface area contributed by atoms with Gasteiger partial charge in [-0.1, -0.05) is 26.8 Å². The van der Waals surface area contributed by atoms with Crippen molar-refractivity contribution in [2.24, 2.45) is 46.3 Å². The summed E-state index contributed by atoms with van der Waals surface area (Å²) in [5, 5.41) is 5.26. The summed E-state index contributed by atoms with van der Waals surface area (Å²) in [4.78, 5) is 39.8. The third-order valence-corrected chi connectivity index (χ3v) is 12.0. The molecule has 0 saturated heterocycles. The molecule has 5 rings (SSSR count). The molecule has 0 aromatic carbocycles. The second-order valence-corrected chi connectivity index (χ2v) is 13.5. The molecule has 186 valence electrons. The van der Waals surface area contributed by atoms with Gasteiger partial charge in [0.2, 0.25) is 5.91 Å². The fourth-order valence-corrected chi connectivity index (χ4v) is 9.78. The van der Waals surface area contributed by atoms with Crippen molar-refractivity contribution in [2.75, 3.05) is 0 Å². The highest BCUT2D eigenvalue weighted by molar-refractivity contribution is 7.10. The van der Waals surface area contributed by atoms with Crippen LogP contribution in [0.15, 0.2) is 17.5 Å². The van der Waals surface area contributed by atoms with Crippen molar-refractivity contribution in [1.82, 2.24) is 5.32 Å². The molecule has 4 saturated carbocycles. The maximum absolute atomic E-state index is 13.5. The Hall–Kier alpha value is -1.49. The lowest BCUT2D eigenvalue weighted by Gasteiger charge is -2.59. The second-order valence-electron chi connectivity index (χ2n) is 12.6. The SMILES string of the molecule is CC(NC(=O)C[C@@H](C)[C@H]1CC[C@H]2[C@@H]3C(=O)C[C@@H]4CC(=O)CC[C@]4(C)[C@H]3CC[C@]12C)c1cccs1. The van der Waals surface area contributed by atoms with Gasteiger partial charge in [-0.2, -0.15) is 0 Å². The summed E-state index contributed by atoms with van der Waals surface area (Å²) < 4.78 is 0. The Labute approximate surface area is 208 Å². The van der Waals surface area contributed by atoms with Crippen LogP contribution in [0.4, 0.5) is 0 Å². The van der Waals surface area contributed by atoms with E-state index in [0.717, 1.165) is 32.1 Å². The van der Waals surface area contributed by atoms with Gasteiger partial charge in [-0.15, -0.1) is 11.3 Å². The molecule has 4 aliphatic carbocycles. The van der Waals surface area contributed by atoms with E-state index >= 15 is 0 Å². The van der Waals surface area contributed by atoms with Gasteiger partial charge in [0.1, 0.15) is 11.6 Å². The zero-order valence-corrected chi connectivity index (χ0v) is 22.1. The molecule has 1 aromatic heterocycles. The van der Waals surface area contributed by atoms with Crippen LogP contribution in [0, 0.1) is 46.3 Å². The van der Waals surface area contributed by atoms with Gasteiger partial charge >= 0.3 is 0 Å². The van der Waals surface area contributed by atoms with E-state index in [4.69, 9.17) is 0 Å². The number of thiophene rings is 1. The Morgan fingerprint density at radius 2 is 1.85 bits per heavy atom. The number of Topliss-reactive ketones (excluding diaryl/α,β-unsaturated/α-hetero) is 2. The van der Waals surface area contributed by atoms with Gasteiger partial charge in [0.25, 0.3) is 0 Å². The number of amides is 1. The first kappa shape index (κ1) is 24.2. The van der Waals surface area contributed by atoms with Crippen LogP contribution >= 0.6 is 11.3 Å². The molecule has 1 aromatic rings. The molecule has 1 amide bonds. The van der Waals surface area contributed by atoms with Crippen molar-refractivity contribution in [2.45, 2.75) is 91.5 Å². The molecule has 0 bridgehead atoms. The summed E-state index contributed by atoms with van der Waals surface area (Å²) in [7, 11) is 0. The van der Waals surface area contributed by atoms with E-state index in [1.165, 1.54) is 4.88 Å². The van der Waals surface area contributed by atoms with Crippen molar-refractivity contribution in [3.8, 4) is 0 Å². The normalized spacial score (nSPS) is 41.2. The highest BCUT2D eigenvalue weighted by atomic mass is 32.1. The minimum atomic E-state index is 0.0537. The van der Waals surface area contributed by atoms with Gasteiger partial charge in [0, 0.05) is 36.5 Å². The Morgan fingerprint density at radius 3 is 2.59 bits per heavy atom. The summed E-state index contributed by atoms with van der Waals surface area (Å²) in [6, 6.07) is 4.16. The van der Waals surface area contributed by atoms with E-state index in [1.54, 1.807) is 11.3 Å². The van der Waals surface area contributed by atoms with Crippen LogP contribution < -0.4 is 5.32 Å². The predicted molar refractivity (Wildman–Crippen MR) is 135 cm³/mol. The number of nitrogens with one attached hydrogen (secondary N) is 1. The lowest BCUT2D eigenvalue weighted by atomic mass is 9.44. The maximum atomic E-state index is 13.5. The smallest absolute Gasteiger partial charge is 0.220 e. The third kappa shape index (κ3) is 3.90. The zero-order valence-electron chi connectivity index (χ0n) is 21.3. The van der Waals surface area contributed by atoms with Crippen molar-refractivity contribution < 1.29 is 14.4 Å². The maximum Gasteiger partial charge on any atom is 0.220 e. The number of fused-ring (bicyclic) bond motifs is 5. The Kier molecular flexibility index (Phi) is 6.32. The molecule has 4 aliphatic rings. The molecule has 0 spiro atoms. The van der Waals surface area contributed by atoms with Gasteiger partial charge in [-0.05, 0) is 90.9 Å². The van der Waals surface area contributed by atoms with Crippen molar-refractivity contribution in [3.63, 3.8) is 0 Å². The van der Waals surface area contributed by atoms with Crippen LogP contribution in [0.2, 0.25) is 0 Å². The van der Waals surface area contributed by atoms with Crippen LogP contribution in [0.5, 0.6) is 0 Å². The first-order valence-electron chi connectivity index (χ1n) is 13.5. The fraction of sp³-hybridized carbons (Fsp3) is 0.759. The molecular weight excluding hydrogens is 442 g/mol. The van der Waals surface area contributed by atoms with E-state index in [-0.39, 0.29) is 34.6 Å². The molecular formula is C29H41NO3S. The Morgan fingerprint density at radius 1 is 1.09 bits per heavy atom. The number of ketones is 2. The molecule has 4 fully saturated rings. The summed E-state index contributed by atoms with van der Waals surface area (Å²) >= 11 is 1.68. The highest BCUT2D eigenvalue weighted by Gasteiger charge is 2.63. The van der Waals surface area contributed by atoms with Crippen LogP contribution in [0.25, 0.3) is 0 Å². The average molecular weight is 484 g/mol. The van der Waals surface area contributed by atoms with E-state index in [9.17, 15) is 14.4 Å². The fourth-order valence-electron chi connectivity index (χ4n) is 9.04. The summed E-state index contributed by atoms with van der Waals surface area (Å²) in [6.45, 7) is 9.14. The monoisotopic (exact) mass is 483 g/mol. The molecule has 5 heteroatoms. The third-order valence-electron chi connectivity index (χ3n) is 10.9. The van der Waals surface area contributed by atoms with Crippen LogP contribution in [0.3, 0.4) is 0 Å². The molecule has 4 nitrogen and oxygen atoms in total. The first-order chi connectivity index (χ1) is 16.1. The molecule has 1 unspecified atom stereocenters. The van der Waals surface area contributed by atoms with Gasteiger partial charge in [-0.25, -0.2) is 0 Å². The number of carbonyl (C=O) groups is 3. The lowest BCUT2D eigenvalue weighted by molar-refractivity contribution is -0.159. The van der Waals surface area contributed by atoms with Crippen molar-refractivity contribution in [1.29, 1.82) is 0 Å². The quantitative estimate of drug-likeness (QED) is 0.530. The molecule has 34 heavy (non-hydrogen) atoms. The minimum Gasteiger partial charge on any atom is -0.349 e. The number of hydrogen-bond acceptors (Lipinski definition) is 4. The highest BCUT2D eigenvalue weighted by Crippen LogP contribution is 2.67. The van der Waals surface area contributed by atoms with Crippen molar-refractivity contribution >= 4 is 28.8 Å². The van der Waals surface area contributed by atoms with Gasteiger partial charge in [-0.3, -0.25) is 14.4 Å². The Bertz CT molecular complexity index is 957. The second kappa shape index (κ2) is 8.87. The van der Waals surface area contributed by atoms with E-state index in [2.05, 4.69) is 44.5 Å². The molecule has 9 atom stereocenters. The number of hydrogen-bond donors (Lipinski definition) is 1. The number of carbonyl (C=O) groups excluding carboxylic acids is 3. The summed E-state index contributed by atoms with van der Waals surface area (Å²) in [5.74, 6) is 3.05. The van der Waals surface area contributed by atoms with Gasteiger partial charge in [0.05, 0.1) is 6.04 Å². The number of rotatable bonds is 5. The summed E-state index contributed by atoms with van der Waals surface area (Å²) in [5.41, 5.74) is 0.291. The molecule has 0 radical (unpaired) electrons. The summed E-state index contributed by atoms with van der Waals surface area (Å²) in [6.07, 6.45) is 7.97. The topological polar surface area (TPSA) is 63.2 Å². The van der Waals surface area contributed by atoms with Crippen LogP contribution in [-0.2, 0) is 14.4 Å². The molecule has 1 N–H and O–H groups in total. The standard InChI is InChI=1S/C29H41NO3S/c1-17(14-26(33)30-18(2)25-6-5-13-34-25)21-7-8-22-27-23(10-12-29(21,22)4)28(3)11-9-20(31)15-19(28)16-24(27)32/h5-6,13,17-19,21-23,27H,7-12,14-16H2,1-4H3,(H,30,33)/t17-,18?,19+,21-,22+,23+,27+,28+,29-/m1/s1. The van der Waals surface area contributed by atoms with Crippen molar-refractivity contribution in [3.05, 3.63) is 22.4 Å². The van der Waals surface area contributed by atoms with Crippen LogP contribution in [0.1, 0.15) is 96.4 Å². The first-order valence-corrected chi connectivity index (χ1v) is 14.4. The molecule has 0 aliphatic heterocycles. The molecule has 1 heterocycles.